The molecule has 0 atom stereocenters. The number of halogens is 1. The van der Waals surface area contributed by atoms with E-state index >= 15 is 0 Å². The molecular formula is C32H39ClN8O3. The van der Waals surface area contributed by atoms with Crippen LogP contribution in [0.15, 0.2) is 54.7 Å². The summed E-state index contributed by atoms with van der Waals surface area (Å²) in [6.07, 6.45) is 3.97. The van der Waals surface area contributed by atoms with E-state index in [0.717, 1.165) is 45.1 Å². The van der Waals surface area contributed by atoms with Crippen molar-refractivity contribution < 1.29 is 14.3 Å². The molecule has 4 heterocycles. The minimum atomic E-state index is -0.179. The molecule has 1 aromatic heterocycles. The number of anilines is 5. The molecule has 3 aromatic rings. The largest absolute Gasteiger partial charge is 0.379 e. The van der Waals surface area contributed by atoms with Crippen molar-refractivity contribution in [3.63, 3.8) is 0 Å². The predicted octanol–water partition coefficient (Wildman–Crippen LogP) is 4.73. The van der Waals surface area contributed by atoms with Gasteiger partial charge in [-0.2, -0.15) is 4.98 Å². The number of ketones is 1. The number of nitrogens with zero attached hydrogens (tertiary/aromatic N) is 6. The van der Waals surface area contributed by atoms with Crippen molar-refractivity contribution in [2.45, 2.75) is 25.8 Å². The minimum absolute atomic E-state index is 0.00962. The molecule has 11 nitrogen and oxygen atoms in total. The lowest BCUT2D eigenvalue weighted by atomic mass is 10.0. The standard InChI is InChI=1S/C32H39ClN8O3/c1-23(42)24-2-4-26(5-3-24)36-32(43)41-16-14-40(15-17-41)30-29(33)22-34-31(37-30)35-25-6-8-27(9-7-25)38-12-10-28(11-13-38)39-18-20-44-21-19-39/h2-9,22,28H,10-21H2,1H3,(H,36,43)(H,34,35,37). The monoisotopic (exact) mass is 618 g/mol. The van der Waals surface area contributed by atoms with E-state index in [0.29, 0.717) is 60.3 Å². The van der Waals surface area contributed by atoms with Crippen LogP contribution in [-0.4, -0.2) is 103 Å². The molecule has 3 aliphatic rings. The van der Waals surface area contributed by atoms with E-state index in [1.54, 1.807) is 35.4 Å². The van der Waals surface area contributed by atoms with Crippen LogP contribution in [0.2, 0.25) is 5.02 Å². The Hall–Kier alpha value is -3.93. The third-order valence-corrected chi connectivity index (χ3v) is 8.92. The van der Waals surface area contributed by atoms with Crippen molar-refractivity contribution in [3.8, 4) is 0 Å². The Morgan fingerprint density at radius 2 is 1.50 bits per heavy atom. The van der Waals surface area contributed by atoms with Gasteiger partial charge >= 0.3 is 6.03 Å². The number of ether oxygens (including phenoxy) is 1. The second kappa shape index (κ2) is 13.8. The van der Waals surface area contributed by atoms with Crippen LogP contribution in [0.25, 0.3) is 0 Å². The zero-order chi connectivity index (χ0) is 30.5. The molecule has 0 unspecified atom stereocenters. The fourth-order valence-electron chi connectivity index (χ4n) is 6.07. The van der Waals surface area contributed by atoms with Gasteiger partial charge in [-0.3, -0.25) is 9.69 Å². The van der Waals surface area contributed by atoms with Gasteiger partial charge in [0.15, 0.2) is 11.6 Å². The molecule has 6 rings (SSSR count). The number of amides is 2. The molecule has 3 saturated heterocycles. The van der Waals surface area contributed by atoms with E-state index in [-0.39, 0.29) is 11.8 Å². The molecule has 0 saturated carbocycles. The normalized spacial score (nSPS) is 18.3. The van der Waals surface area contributed by atoms with Gasteiger partial charge in [0, 0.05) is 81.0 Å². The number of nitrogens with one attached hydrogen (secondary N) is 2. The first-order valence-corrected chi connectivity index (χ1v) is 15.7. The summed E-state index contributed by atoms with van der Waals surface area (Å²) in [6.45, 7) is 9.65. The summed E-state index contributed by atoms with van der Waals surface area (Å²) in [5, 5.41) is 6.69. The van der Waals surface area contributed by atoms with Crippen molar-refractivity contribution in [2.75, 3.05) is 86.0 Å². The SMILES string of the molecule is CC(=O)c1ccc(NC(=O)N2CCN(c3nc(Nc4ccc(N5CCC(N6CCOCC6)CC5)cc4)ncc3Cl)CC2)cc1. The maximum Gasteiger partial charge on any atom is 0.321 e. The van der Waals surface area contributed by atoms with Crippen LogP contribution >= 0.6 is 11.6 Å². The van der Waals surface area contributed by atoms with Gasteiger partial charge in [-0.1, -0.05) is 11.6 Å². The number of carbonyl (C=O) groups is 2. The maximum absolute atomic E-state index is 12.8. The lowest BCUT2D eigenvalue weighted by molar-refractivity contribution is 0.0115. The number of hydrogen-bond donors (Lipinski definition) is 2. The third kappa shape index (κ3) is 7.23. The van der Waals surface area contributed by atoms with Crippen LogP contribution < -0.4 is 20.4 Å². The van der Waals surface area contributed by atoms with E-state index in [1.165, 1.54) is 25.5 Å². The summed E-state index contributed by atoms with van der Waals surface area (Å²) in [5.74, 6) is 1.10. The summed E-state index contributed by atoms with van der Waals surface area (Å²) in [7, 11) is 0. The lowest BCUT2D eigenvalue weighted by Gasteiger charge is -2.40. The summed E-state index contributed by atoms with van der Waals surface area (Å²) in [6, 6.07) is 15.8. The Morgan fingerprint density at radius 3 is 2.16 bits per heavy atom. The Labute approximate surface area is 263 Å². The third-order valence-electron chi connectivity index (χ3n) is 8.65. The van der Waals surface area contributed by atoms with Gasteiger partial charge in [-0.05, 0) is 68.3 Å². The number of aromatic nitrogens is 2. The summed E-state index contributed by atoms with van der Waals surface area (Å²) in [4.78, 5) is 42.3. The number of benzene rings is 2. The Balaban J connectivity index is 1.00. The fraction of sp³-hybridized carbons (Fsp3) is 0.438. The minimum Gasteiger partial charge on any atom is -0.379 e. The molecule has 3 aliphatic heterocycles. The molecule has 2 aromatic carbocycles. The van der Waals surface area contributed by atoms with Crippen molar-refractivity contribution >= 4 is 52.2 Å². The van der Waals surface area contributed by atoms with Crippen LogP contribution in [0.4, 0.5) is 33.6 Å². The van der Waals surface area contributed by atoms with Crippen molar-refractivity contribution in [3.05, 3.63) is 65.3 Å². The number of morpholine rings is 1. The molecule has 44 heavy (non-hydrogen) atoms. The quantitative estimate of drug-likeness (QED) is 0.364. The van der Waals surface area contributed by atoms with E-state index in [2.05, 4.69) is 54.6 Å². The van der Waals surface area contributed by atoms with Crippen LogP contribution in [0, 0.1) is 0 Å². The summed E-state index contributed by atoms with van der Waals surface area (Å²) < 4.78 is 5.52. The highest BCUT2D eigenvalue weighted by molar-refractivity contribution is 6.32. The first kappa shape index (κ1) is 30.1. The second-order valence-corrected chi connectivity index (χ2v) is 11.8. The van der Waals surface area contributed by atoms with Gasteiger partial charge in [-0.25, -0.2) is 9.78 Å². The molecule has 3 fully saturated rings. The number of piperidine rings is 1. The number of Topliss-reactive ketones (excluding diaryl/α,β-unsaturated/α-hetero) is 1. The summed E-state index contributed by atoms with van der Waals surface area (Å²) >= 11 is 6.51. The average molecular weight is 619 g/mol. The second-order valence-electron chi connectivity index (χ2n) is 11.4. The molecule has 2 amide bonds. The van der Waals surface area contributed by atoms with Crippen LogP contribution in [-0.2, 0) is 4.74 Å². The molecular weight excluding hydrogens is 580 g/mol. The molecule has 0 spiro atoms. The number of hydrogen-bond acceptors (Lipinski definition) is 9. The predicted molar refractivity (Wildman–Crippen MR) is 174 cm³/mol. The highest BCUT2D eigenvalue weighted by atomic mass is 35.5. The Bertz CT molecular complexity index is 1430. The summed E-state index contributed by atoms with van der Waals surface area (Å²) in [5.41, 5.74) is 3.39. The van der Waals surface area contributed by atoms with Crippen LogP contribution in [0.1, 0.15) is 30.1 Å². The van der Waals surface area contributed by atoms with Crippen LogP contribution in [0.5, 0.6) is 0 Å². The molecule has 0 aliphatic carbocycles. The van der Waals surface area contributed by atoms with E-state index in [1.807, 2.05) is 0 Å². The van der Waals surface area contributed by atoms with E-state index in [4.69, 9.17) is 21.3 Å². The van der Waals surface area contributed by atoms with Gasteiger partial charge in [0.05, 0.1) is 19.4 Å². The van der Waals surface area contributed by atoms with Crippen molar-refractivity contribution in [1.82, 2.24) is 19.8 Å². The van der Waals surface area contributed by atoms with Gasteiger partial charge in [0.25, 0.3) is 0 Å². The fourth-order valence-corrected chi connectivity index (χ4v) is 6.28. The highest BCUT2D eigenvalue weighted by Crippen LogP contribution is 2.28. The molecule has 0 bridgehead atoms. The first-order valence-electron chi connectivity index (χ1n) is 15.3. The van der Waals surface area contributed by atoms with Gasteiger partial charge in [0.1, 0.15) is 5.02 Å². The Morgan fingerprint density at radius 1 is 0.841 bits per heavy atom. The van der Waals surface area contributed by atoms with Crippen LogP contribution in [0.3, 0.4) is 0 Å². The number of urea groups is 1. The number of piperazine rings is 1. The smallest absolute Gasteiger partial charge is 0.321 e. The molecule has 232 valence electrons. The number of carbonyl (C=O) groups excluding carboxylic acids is 2. The van der Waals surface area contributed by atoms with E-state index in [9.17, 15) is 9.59 Å². The molecule has 0 radical (unpaired) electrons. The zero-order valence-corrected chi connectivity index (χ0v) is 25.8. The topological polar surface area (TPSA) is 106 Å². The average Bonchev–Trinajstić information content (AvgIpc) is 3.07. The van der Waals surface area contributed by atoms with E-state index < -0.39 is 0 Å². The maximum atomic E-state index is 12.8. The van der Waals surface area contributed by atoms with Gasteiger partial charge < -0.3 is 30.1 Å². The Kier molecular flexibility index (Phi) is 9.44. The molecule has 12 heteroatoms. The highest BCUT2D eigenvalue weighted by Gasteiger charge is 2.26. The van der Waals surface area contributed by atoms with Crippen molar-refractivity contribution in [2.24, 2.45) is 0 Å². The first-order chi connectivity index (χ1) is 21.4. The lowest BCUT2D eigenvalue weighted by Crippen LogP contribution is -2.50. The zero-order valence-electron chi connectivity index (χ0n) is 25.0. The van der Waals surface area contributed by atoms with Crippen molar-refractivity contribution in [1.29, 1.82) is 0 Å². The molecule has 2 N–H and O–H groups in total. The van der Waals surface area contributed by atoms with Gasteiger partial charge in [0.2, 0.25) is 5.95 Å². The number of rotatable bonds is 7. The van der Waals surface area contributed by atoms with Gasteiger partial charge in [-0.15, -0.1) is 0 Å².